The fraction of sp³-hybridized carbons (Fsp3) is 0.300. The Morgan fingerprint density at radius 1 is 1.08 bits per heavy atom. The number of carbonyl (C=O) groups is 2. The zero-order valence-electron chi connectivity index (χ0n) is 13.5. The first-order valence-electron chi connectivity index (χ1n) is 8.21. The molecular weight excluding hydrogens is 302 g/mol. The van der Waals surface area contributed by atoms with Gasteiger partial charge in [-0.2, -0.15) is 0 Å². The molecule has 2 aromatic carbocycles. The number of hydrogen-bond acceptors (Lipinski definition) is 3. The van der Waals surface area contributed by atoms with Crippen LogP contribution in [0.25, 0.3) is 0 Å². The Morgan fingerprint density at radius 2 is 1.71 bits per heavy atom. The maximum absolute atomic E-state index is 13.0. The fourth-order valence-electron chi connectivity index (χ4n) is 3.62. The van der Waals surface area contributed by atoms with Gasteiger partial charge in [0.05, 0.1) is 0 Å². The second kappa shape index (κ2) is 5.48. The van der Waals surface area contributed by atoms with E-state index in [0.717, 1.165) is 17.5 Å². The Bertz CT molecular complexity index is 774. The van der Waals surface area contributed by atoms with Crippen LogP contribution in [0.15, 0.2) is 60.7 Å². The van der Waals surface area contributed by atoms with Gasteiger partial charge >= 0.3 is 6.09 Å². The highest BCUT2D eigenvalue weighted by molar-refractivity contribution is 5.97. The van der Waals surface area contributed by atoms with Gasteiger partial charge in [-0.15, -0.1) is 0 Å². The minimum absolute atomic E-state index is 0.127. The lowest BCUT2D eigenvalue weighted by Gasteiger charge is -2.21. The van der Waals surface area contributed by atoms with E-state index >= 15 is 0 Å². The molecule has 24 heavy (non-hydrogen) atoms. The van der Waals surface area contributed by atoms with Gasteiger partial charge in [0.1, 0.15) is 12.6 Å². The first-order chi connectivity index (χ1) is 11.6. The van der Waals surface area contributed by atoms with E-state index in [1.165, 1.54) is 4.90 Å². The Morgan fingerprint density at radius 3 is 2.38 bits per heavy atom. The third-order valence-corrected chi connectivity index (χ3v) is 5.26. The second-order valence-corrected chi connectivity index (χ2v) is 6.75. The van der Waals surface area contributed by atoms with Crippen molar-refractivity contribution in [1.82, 2.24) is 4.90 Å². The van der Waals surface area contributed by atoms with Crippen LogP contribution in [0.5, 0.6) is 0 Å². The van der Waals surface area contributed by atoms with E-state index < -0.39 is 6.09 Å². The van der Waals surface area contributed by atoms with Gasteiger partial charge < -0.3 is 4.74 Å². The Labute approximate surface area is 141 Å². The number of rotatable bonds is 3. The largest absolute Gasteiger partial charge is 0.446 e. The standard InChI is InChI=1S/C20H19NO3/c1-20(15-10-6-3-7-11-15)12-16(20)18(22)21-17(13-24-19(21)23)14-8-4-2-5-9-14/h2-11,16-17H,12-13H2,1H3/t16-,17+,20+/m0/s1. The molecule has 1 saturated heterocycles. The van der Waals surface area contributed by atoms with E-state index in [9.17, 15) is 9.59 Å². The summed E-state index contributed by atoms with van der Waals surface area (Å²) in [4.78, 5) is 26.5. The van der Waals surface area contributed by atoms with E-state index in [1.807, 2.05) is 60.7 Å². The van der Waals surface area contributed by atoms with Crippen molar-refractivity contribution in [1.29, 1.82) is 0 Å². The van der Waals surface area contributed by atoms with Crippen LogP contribution in [-0.4, -0.2) is 23.5 Å². The molecule has 122 valence electrons. The molecule has 0 N–H and O–H groups in total. The first kappa shape index (κ1) is 14.9. The lowest BCUT2D eigenvalue weighted by molar-refractivity contribution is -0.131. The van der Waals surface area contributed by atoms with Gasteiger partial charge in [0, 0.05) is 11.3 Å². The van der Waals surface area contributed by atoms with E-state index in [-0.39, 0.29) is 29.9 Å². The lowest BCUT2D eigenvalue weighted by Crippen LogP contribution is -2.36. The SMILES string of the molecule is C[C@]1(c2ccccc2)C[C@H]1C(=O)N1C(=O)OC[C@@H]1c1ccccc1. The third-order valence-electron chi connectivity index (χ3n) is 5.26. The highest BCUT2D eigenvalue weighted by atomic mass is 16.6. The van der Waals surface area contributed by atoms with Gasteiger partial charge in [-0.25, -0.2) is 9.69 Å². The number of imide groups is 1. The summed E-state index contributed by atoms with van der Waals surface area (Å²) in [5.41, 5.74) is 1.88. The first-order valence-corrected chi connectivity index (χ1v) is 8.21. The second-order valence-electron chi connectivity index (χ2n) is 6.75. The average molecular weight is 321 g/mol. The van der Waals surface area contributed by atoms with Gasteiger partial charge in [0.25, 0.3) is 0 Å². The Balaban J connectivity index is 1.59. The summed E-state index contributed by atoms with van der Waals surface area (Å²) < 4.78 is 5.17. The Kier molecular flexibility index (Phi) is 3.41. The molecule has 2 aromatic rings. The molecule has 1 aliphatic carbocycles. The van der Waals surface area contributed by atoms with Crippen molar-refractivity contribution in [2.75, 3.05) is 6.61 Å². The van der Waals surface area contributed by atoms with Crippen molar-refractivity contribution in [2.24, 2.45) is 5.92 Å². The van der Waals surface area contributed by atoms with Crippen molar-refractivity contribution in [3.05, 3.63) is 71.8 Å². The summed E-state index contributed by atoms with van der Waals surface area (Å²) in [6.07, 6.45) is 0.234. The quantitative estimate of drug-likeness (QED) is 0.866. The highest BCUT2D eigenvalue weighted by Crippen LogP contribution is 2.55. The maximum Gasteiger partial charge on any atom is 0.417 e. The normalized spacial score (nSPS) is 28.5. The van der Waals surface area contributed by atoms with Crippen LogP contribution in [0.1, 0.15) is 30.5 Å². The predicted octanol–water partition coefficient (Wildman–Crippen LogP) is 3.68. The summed E-state index contributed by atoms with van der Waals surface area (Å²) in [6, 6.07) is 19.3. The number of hydrogen-bond donors (Lipinski definition) is 0. The van der Waals surface area contributed by atoms with Crippen LogP contribution in [0.2, 0.25) is 0 Å². The summed E-state index contributed by atoms with van der Waals surface area (Å²) in [7, 11) is 0. The van der Waals surface area contributed by atoms with E-state index in [2.05, 4.69) is 6.92 Å². The zero-order chi connectivity index (χ0) is 16.7. The molecule has 3 atom stereocenters. The number of benzene rings is 2. The van der Waals surface area contributed by atoms with Crippen molar-refractivity contribution < 1.29 is 14.3 Å². The summed E-state index contributed by atoms with van der Waals surface area (Å²) >= 11 is 0. The lowest BCUT2D eigenvalue weighted by atomic mass is 9.95. The van der Waals surface area contributed by atoms with Crippen molar-refractivity contribution in [3.63, 3.8) is 0 Å². The van der Waals surface area contributed by atoms with E-state index in [0.29, 0.717) is 0 Å². The average Bonchev–Trinajstić information content (AvgIpc) is 3.18. The topological polar surface area (TPSA) is 46.6 Å². The smallest absolute Gasteiger partial charge is 0.417 e. The minimum atomic E-state index is -0.531. The summed E-state index contributed by atoms with van der Waals surface area (Å²) in [5, 5.41) is 0. The fourth-order valence-corrected chi connectivity index (χ4v) is 3.62. The molecule has 2 amide bonds. The van der Waals surface area contributed by atoms with E-state index in [1.54, 1.807) is 0 Å². The van der Waals surface area contributed by atoms with Gasteiger partial charge in [0.15, 0.2) is 0 Å². The van der Waals surface area contributed by atoms with Crippen molar-refractivity contribution in [2.45, 2.75) is 24.8 Å². The third kappa shape index (κ3) is 2.30. The summed E-state index contributed by atoms with van der Waals surface area (Å²) in [6.45, 7) is 2.31. The molecule has 4 nitrogen and oxygen atoms in total. The molecule has 0 unspecified atom stereocenters. The molecule has 2 fully saturated rings. The van der Waals surface area contributed by atoms with E-state index in [4.69, 9.17) is 4.74 Å². The number of amides is 2. The molecule has 1 aliphatic heterocycles. The van der Waals surface area contributed by atoms with Gasteiger partial charge in [-0.3, -0.25) is 4.79 Å². The number of nitrogens with zero attached hydrogens (tertiary/aromatic N) is 1. The maximum atomic E-state index is 13.0. The van der Waals surface area contributed by atoms with Crippen molar-refractivity contribution >= 4 is 12.0 Å². The van der Waals surface area contributed by atoms with Crippen LogP contribution >= 0.6 is 0 Å². The molecule has 2 aliphatic rings. The molecular formula is C20H19NO3. The molecule has 1 saturated carbocycles. The van der Waals surface area contributed by atoms with Crippen LogP contribution in [0, 0.1) is 5.92 Å². The van der Waals surface area contributed by atoms with Crippen molar-refractivity contribution in [3.8, 4) is 0 Å². The van der Waals surface area contributed by atoms with Crippen LogP contribution in [0.4, 0.5) is 4.79 Å². The predicted molar refractivity (Wildman–Crippen MR) is 89.3 cm³/mol. The van der Waals surface area contributed by atoms with Gasteiger partial charge in [0.2, 0.25) is 5.91 Å². The number of ether oxygens (including phenoxy) is 1. The van der Waals surface area contributed by atoms with Crippen LogP contribution < -0.4 is 0 Å². The Hall–Kier alpha value is -2.62. The molecule has 4 rings (SSSR count). The molecule has 0 aromatic heterocycles. The van der Waals surface area contributed by atoms with Crippen LogP contribution in [-0.2, 0) is 14.9 Å². The number of carbonyl (C=O) groups excluding carboxylic acids is 2. The van der Waals surface area contributed by atoms with Gasteiger partial charge in [-0.1, -0.05) is 67.6 Å². The number of cyclic esters (lactones) is 1. The molecule has 0 bridgehead atoms. The monoisotopic (exact) mass is 321 g/mol. The summed E-state index contributed by atoms with van der Waals surface area (Å²) in [5.74, 6) is -0.297. The zero-order valence-corrected chi connectivity index (χ0v) is 13.5. The van der Waals surface area contributed by atoms with Crippen LogP contribution in [0.3, 0.4) is 0 Å². The molecule has 1 heterocycles. The highest BCUT2D eigenvalue weighted by Gasteiger charge is 2.59. The molecule has 0 radical (unpaired) electrons. The van der Waals surface area contributed by atoms with Gasteiger partial charge in [-0.05, 0) is 17.5 Å². The molecule has 0 spiro atoms. The molecule has 4 heteroatoms. The minimum Gasteiger partial charge on any atom is -0.446 e.